The largest absolute Gasteiger partial charge is 0.496 e. The fourth-order valence-corrected chi connectivity index (χ4v) is 2.49. The van der Waals surface area contributed by atoms with E-state index in [1.807, 2.05) is 26.0 Å². The number of furan rings is 1. The predicted octanol–water partition coefficient (Wildman–Crippen LogP) is 2.63. The number of hydrogen-bond acceptors (Lipinski definition) is 4. The van der Waals surface area contributed by atoms with Gasteiger partial charge in [0.15, 0.2) is 5.96 Å². The second-order valence-corrected chi connectivity index (χ2v) is 6.03. The van der Waals surface area contributed by atoms with Crippen molar-refractivity contribution in [2.75, 3.05) is 26.7 Å². The van der Waals surface area contributed by atoms with Crippen LogP contribution in [-0.2, 0) is 17.8 Å². The molecule has 0 fully saturated rings. The first kappa shape index (κ1) is 23.8. The van der Waals surface area contributed by atoms with Gasteiger partial charge in [0.1, 0.15) is 18.1 Å². The summed E-state index contributed by atoms with van der Waals surface area (Å²) in [4.78, 5) is 16.2. The normalized spacial score (nSPS) is 10.8. The molecule has 0 aliphatic heterocycles. The van der Waals surface area contributed by atoms with Crippen molar-refractivity contribution < 1.29 is 13.9 Å². The van der Waals surface area contributed by atoms with Crippen molar-refractivity contribution in [3.8, 4) is 5.75 Å². The molecular weight excluding hydrogens is 471 g/mol. The molecule has 0 atom stereocenters. The van der Waals surface area contributed by atoms with Crippen molar-refractivity contribution in [1.82, 2.24) is 16.0 Å². The quantitative estimate of drug-likeness (QED) is 0.280. The first-order valence-corrected chi connectivity index (χ1v) is 9.07. The lowest BCUT2D eigenvalue weighted by atomic mass is 10.1. The third-order valence-electron chi connectivity index (χ3n) is 3.94. The first-order valence-electron chi connectivity index (χ1n) is 9.07. The Morgan fingerprint density at radius 1 is 1.21 bits per heavy atom. The molecule has 0 bridgehead atoms. The van der Waals surface area contributed by atoms with Crippen LogP contribution in [0.4, 0.5) is 0 Å². The zero-order valence-corrected chi connectivity index (χ0v) is 18.9. The Kier molecular flexibility index (Phi) is 11.1. The number of benzene rings is 1. The van der Waals surface area contributed by atoms with Gasteiger partial charge >= 0.3 is 0 Å². The molecule has 1 amide bonds. The van der Waals surface area contributed by atoms with E-state index < -0.39 is 0 Å². The number of halogens is 1. The summed E-state index contributed by atoms with van der Waals surface area (Å²) in [6.07, 6.45) is 2.40. The van der Waals surface area contributed by atoms with Crippen LogP contribution in [0.15, 0.2) is 46.0 Å². The summed E-state index contributed by atoms with van der Waals surface area (Å²) in [7, 11) is 1.68. The van der Waals surface area contributed by atoms with Crippen molar-refractivity contribution in [3.63, 3.8) is 0 Å². The number of guanidine groups is 1. The molecule has 0 saturated heterocycles. The standard InChI is InChI=1S/C20H28N4O3.HI/c1-4-21-20(24-14-19(25)23-13-17-6-5-11-27-17)22-10-9-16-8-7-15(2)18(12-16)26-3;/h5-8,11-12H,4,9-10,13-14H2,1-3H3,(H,23,25)(H2,21,22,24);1H. The lowest BCUT2D eigenvalue weighted by molar-refractivity contribution is -0.119. The van der Waals surface area contributed by atoms with Gasteiger partial charge in [0.2, 0.25) is 5.91 Å². The molecule has 0 aliphatic rings. The second-order valence-electron chi connectivity index (χ2n) is 6.03. The van der Waals surface area contributed by atoms with Gasteiger partial charge in [-0.05, 0) is 49.6 Å². The summed E-state index contributed by atoms with van der Waals surface area (Å²) in [6, 6.07) is 9.79. The van der Waals surface area contributed by atoms with E-state index in [2.05, 4.69) is 33.1 Å². The number of carbonyl (C=O) groups excluding carboxylic acids is 1. The van der Waals surface area contributed by atoms with Gasteiger partial charge in [-0.1, -0.05) is 12.1 Å². The summed E-state index contributed by atoms with van der Waals surface area (Å²) in [5.74, 6) is 2.06. The maximum atomic E-state index is 11.9. The Labute approximate surface area is 183 Å². The van der Waals surface area contributed by atoms with Crippen molar-refractivity contribution in [2.24, 2.45) is 4.99 Å². The summed E-state index contributed by atoms with van der Waals surface area (Å²) in [5.41, 5.74) is 2.29. The number of methoxy groups -OCH3 is 1. The maximum absolute atomic E-state index is 11.9. The van der Waals surface area contributed by atoms with Crippen LogP contribution in [0, 0.1) is 6.92 Å². The van der Waals surface area contributed by atoms with E-state index in [9.17, 15) is 4.79 Å². The number of nitrogens with zero attached hydrogens (tertiary/aromatic N) is 1. The van der Waals surface area contributed by atoms with E-state index in [0.29, 0.717) is 24.8 Å². The Morgan fingerprint density at radius 2 is 2.04 bits per heavy atom. The molecule has 1 heterocycles. The highest BCUT2D eigenvalue weighted by molar-refractivity contribution is 14.0. The molecule has 8 heteroatoms. The SMILES string of the molecule is CCNC(=NCC(=O)NCc1ccco1)NCCc1ccc(C)c(OC)c1.I. The van der Waals surface area contributed by atoms with E-state index in [1.54, 1.807) is 19.4 Å². The molecule has 0 spiro atoms. The van der Waals surface area contributed by atoms with Gasteiger partial charge in [-0.3, -0.25) is 4.79 Å². The molecule has 0 saturated carbocycles. The average molecular weight is 500 g/mol. The number of carbonyl (C=O) groups is 1. The minimum absolute atomic E-state index is 0. The molecule has 0 unspecified atom stereocenters. The van der Waals surface area contributed by atoms with Crippen molar-refractivity contribution in [3.05, 3.63) is 53.5 Å². The van der Waals surface area contributed by atoms with E-state index in [4.69, 9.17) is 9.15 Å². The Bertz CT molecular complexity index is 748. The van der Waals surface area contributed by atoms with Gasteiger partial charge in [0, 0.05) is 13.1 Å². The number of hydrogen-bond donors (Lipinski definition) is 3. The van der Waals surface area contributed by atoms with E-state index >= 15 is 0 Å². The van der Waals surface area contributed by atoms with Crippen molar-refractivity contribution >= 4 is 35.8 Å². The topological polar surface area (TPSA) is 87.9 Å². The highest BCUT2D eigenvalue weighted by atomic mass is 127. The predicted molar refractivity (Wildman–Crippen MR) is 121 cm³/mol. The molecular formula is C20H29IN4O3. The molecule has 0 aliphatic carbocycles. The van der Waals surface area contributed by atoms with Gasteiger partial charge in [0.05, 0.1) is 19.9 Å². The second kappa shape index (κ2) is 13.0. The third kappa shape index (κ3) is 8.20. The number of rotatable bonds is 9. The van der Waals surface area contributed by atoms with Crippen LogP contribution < -0.4 is 20.7 Å². The number of aliphatic imine (C=N–C) groups is 1. The zero-order chi connectivity index (χ0) is 19.5. The summed E-state index contributed by atoms with van der Waals surface area (Å²) >= 11 is 0. The van der Waals surface area contributed by atoms with Crippen LogP contribution in [0.2, 0.25) is 0 Å². The van der Waals surface area contributed by atoms with Gasteiger partial charge in [-0.25, -0.2) is 4.99 Å². The van der Waals surface area contributed by atoms with Crippen LogP contribution in [0.5, 0.6) is 5.75 Å². The maximum Gasteiger partial charge on any atom is 0.242 e. The van der Waals surface area contributed by atoms with E-state index in [0.717, 1.165) is 24.3 Å². The molecule has 7 nitrogen and oxygen atoms in total. The van der Waals surface area contributed by atoms with Gasteiger partial charge in [0.25, 0.3) is 0 Å². The number of aryl methyl sites for hydroxylation is 1. The first-order chi connectivity index (χ1) is 13.1. The van der Waals surface area contributed by atoms with Crippen molar-refractivity contribution in [2.45, 2.75) is 26.8 Å². The smallest absolute Gasteiger partial charge is 0.242 e. The van der Waals surface area contributed by atoms with E-state index in [-0.39, 0.29) is 36.4 Å². The monoisotopic (exact) mass is 500 g/mol. The van der Waals surface area contributed by atoms with Crippen LogP contribution in [0.25, 0.3) is 0 Å². The summed E-state index contributed by atoms with van der Waals surface area (Å²) in [6.45, 7) is 5.84. The highest BCUT2D eigenvalue weighted by Crippen LogP contribution is 2.18. The summed E-state index contributed by atoms with van der Waals surface area (Å²) in [5, 5.41) is 9.16. The Hall–Kier alpha value is -2.23. The van der Waals surface area contributed by atoms with Gasteiger partial charge in [-0.15, -0.1) is 24.0 Å². The van der Waals surface area contributed by atoms with Crippen LogP contribution in [0.1, 0.15) is 23.8 Å². The van der Waals surface area contributed by atoms with Crippen LogP contribution >= 0.6 is 24.0 Å². The molecule has 1 aromatic heterocycles. The van der Waals surface area contributed by atoms with Gasteiger partial charge < -0.3 is 25.1 Å². The highest BCUT2D eigenvalue weighted by Gasteiger charge is 2.04. The molecule has 2 aromatic rings. The molecule has 2 rings (SSSR count). The number of ether oxygens (including phenoxy) is 1. The molecule has 0 radical (unpaired) electrons. The minimum atomic E-state index is -0.160. The summed E-state index contributed by atoms with van der Waals surface area (Å²) < 4.78 is 10.5. The third-order valence-corrected chi connectivity index (χ3v) is 3.94. The fourth-order valence-electron chi connectivity index (χ4n) is 2.49. The van der Waals surface area contributed by atoms with Crippen LogP contribution in [0.3, 0.4) is 0 Å². The lowest BCUT2D eigenvalue weighted by Crippen LogP contribution is -2.39. The van der Waals surface area contributed by atoms with Crippen LogP contribution in [-0.4, -0.2) is 38.6 Å². The molecule has 154 valence electrons. The molecule has 1 aromatic carbocycles. The van der Waals surface area contributed by atoms with Crippen molar-refractivity contribution in [1.29, 1.82) is 0 Å². The minimum Gasteiger partial charge on any atom is -0.496 e. The van der Waals surface area contributed by atoms with E-state index in [1.165, 1.54) is 5.56 Å². The van der Waals surface area contributed by atoms with Gasteiger partial charge in [-0.2, -0.15) is 0 Å². The Balaban J connectivity index is 0.00000392. The number of nitrogens with one attached hydrogen (secondary N) is 3. The molecule has 28 heavy (non-hydrogen) atoms. The average Bonchev–Trinajstić information content (AvgIpc) is 3.19. The molecule has 3 N–H and O–H groups in total. The fraction of sp³-hybridized carbons (Fsp3) is 0.400. The lowest BCUT2D eigenvalue weighted by Gasteiger charge is -2.12. The Morgan fingerprint density at radius 3 is 2.71 bits per heavy atom. The zero-order valence-electron chi connectivity index (χ0n) is 16.6. The number of amides is 1.